The molecule has 0 amide bonds. The van der Waals surface area contributed by atoms with Crippen molar-refractivity contribution in [2.45, 2.75) is 47.0 Å². The van der Waals surface area contributed by atoms with Gasteiger partial charge in [0.25, 0.3) is 0 Å². The van der Waals surface area contributed by atoms with E-state index in [4.69, 9.17) is 5.73 Å². The minimum atomic E-state index is -0.354. The van der Waals surface area contributed by atoms with Crippen LogP contribution < -0.4 is 11.1 Å². The van der Waals surface area contributed by atoms with Crippen LogP contribution in [0.4, 0.5) is 0 Å². The van der Waals surface area contributed by atoms with Gasteiger partial charge < -0.3 is 16.2 Å². The number of nitrogens with two attached hydrogens (primary N) is 1. The van der Waals surface area contributed by atoms with E-state index >= 15 is 0 Å². The van der Waals surface area contributed by atoms with Crippen molar-refractivity contribution in [1.29, 1.82) is 0 Å². The molecule has 0 aliphatic rings. The molecular weight excluding hydrogens is 248 g/mol. The summed E-state index contributed by atoms with van der Waals surface area (Å²) in [5.41, 5.74) is 7.64. The van der Waals surface area contributed by atoms with Gasteiger partial charge >= 0.3 is 0 Å². The topological polar surface area (TPSA) is 58.3 Å². The fourth-order valence-electron chi connectivity index (χ4n) is 2.44. The Morgan fingerprint density at radius 3 is 2.40 bits per heavy atom. The number of nitrogens with one attached hydrogen (secondary N) is 1. The van der Waals surface area contributed by atoms with Crippen LogP contribution in [0.2, 0.25) is 0 Å². The summed E-state index contributed by atoms with van der Waals surface area (Å²) in [6.45, 7) is 8.58. The van der Waals surface area contributed by atoms with Gasteiger partial charge in [-0.3, -0.25) is 0 Å². The number of allylic oxidation sites excluding steroid dienone is 4. The maximum absolute atomic E-state index is 10.0. The smallest absolute Gasteiger partial charge is 0.0548 e. The molecule has 0 bridgehead atoms. The normalized spacial score (nSPS) is 16.8. The second-order valence-electron chi connectivity index (χ2n) is 5.62. The van der Waals surface area contributed by atoms with Crippen LogP contribution in [0.5, 0.6) is 0 Å². The molecule has 4 N–H and O–H groups in total. The summed E-state index contributed by atoms with van der Waals surface area (Å²) in [6.07, 6.45) is 10.7. The van der Waals surface area contributed by atoms with Crippen molar-refractivity contribution in [1.82, 2.24) is 5.32 Å². The Morgan fingerprint density at radius 2 is 2.05 bits per heavy atom. The van der Waals surface area contributed by atoms with E-state index in [1.807, 2.05) is 7.05 Å². The number of aliphatic hydroxyl groups excluding tert-OH is 1. The standard InChI is InChI=1S/C17H32N2O/c1-6-15(7-2)11-17(13-20,16(12-18)19-5)10-8-9-14(3)4/h6,8-9,12,14,19-20H,7,10-11,13,18H2,1-5H3/b9-8+,15-6+,16-12-. The Hall–Kier alpha value is -1.22. The summed E-state index contributed by atoms with van der Waals surface area (Å²) in [5, 5.41) is 13.2. The van der Waals surface area contributed by atoms with E-state index in [9.17, 15) is 5.11 Å². The first-order valence-corrected chi connectivity index (χ1v) is 7.51. The van der Waals surface area contributed by atoms with Gasteiger partial charge in [0.05, 0.1) is 6.61 Å². The van der Waals surface area contributed by atoms with E-state index in [-0.39, 0.29) is 12.0 Å². The third kappa shape index (κ3) is 5.41. The zero-order valence-electron chi connectivity index (χ0n) is 13.7. The molecule has 0 aromatic rings. The average Bonchev–Trinajstić information content (AvgIpc) is 2.44. The molecule has 3 nitrogen and oxygen atoms in total. The maximum atomic E-state index is 10.0. The van der Waals surface area contributed by atoms with E-state index in [0.717, 1.165) is 25.0 Å². The highest BCUT2D eigenvalue weighted by Gasteiger charge is 2.33. The first-order chi connectivity index (χ1) is 9.49. The van der Waals surface area contributed by atoms with Crippen molar-refractivity contribution < 1.29 is 5.11 Å². The summed E-state index contributed by atoms with van der Waals surface area (Å²) in [7, 11) is 1.86. The first-order valence-electron chi connectivity index (χ1n) is 7.51. The number of hydrogen-bond acceptors (Lipinski definition) is 3. The van der Waals surface area contributed by atoms with Gasteiger partial charge in [0, 0.05) is 24.4 Å². The zero-order valence-corrected chi connectivity index (χ0v) is 13.7. The summed E-state index contributed by atoms with van der Waals surface area (Å²) >= 11 is 0. The summed E-state index contributed by atoms with van der Waals surface area (Å²) in [6, 6.07) is 0. The van der Waals surface area contributed by atoms with E-state index in [1.165, 1.54) is 5.57 Å². The van der Waals surface area contributed by atoms with E-state index < -0.39 is 0 Å². The molecule has 0 aliphatic heterocycles. The molecular formula is C17H32N2O. The number of rotatable bonds is 9. The molecule has 0 spiro atoms. The molecule has 0 fully saturated rings. The Bertz CT molecular complexity index is 356. The predicted octanol–water partition coefficient (Wildman–Crippen LogP) is 3.33. The third-order valence-corrected chi connectivity index (χ3v) is 3.77. The zero-order chi connectivity index (χ0) is 15.6. The van der Waals surface area contributed by atoms with E-state index in [0.29, 0.717) is 5.92 Å². The molecule has 116 valence electrons. The quantitative estimate of drug-likeness (QED) is 0.568. The van der Waals surface area contributed by atoms with E-state index in [2.05, 4.69) is 51.2 Å². The summed E-state index contributed by atoms with van der Waals surface area (Å²) in [5.74, 6) is 0.513. The van der Waals surface area contributed by atoms with Crippen LogP contribution >= 0.6 is 0 Å². The number of aliphatic hydroxyl groups is 1. The second-order valence-corrected chi connectivity index (χ2v) is 5.62. The van der Waals surface area contributed by atoms with Crippen molar-refractivity contribution in [3.05, 3.63) is 35.7 Å². The number of hydrogen-bond donors (Lipinski definition) is 3. The SMILES string of the molecule is C/C=C(\CC)CC(CO)(C/C=C/C(C)C)/C(=C/N)NC. The molecule has 1 atom stereocenters. The monoisotopic (exact) mass is 280 g/mol. The van der Waals surface area contributed by atoms with Gasteiger partial charge in [-0.2, -0.15) is 0 Å². The highest BCUT2D eigenvalue weighted by molar-refractivity contribution is 5.19. The van der Waals surface area contributed by atoms with Crippen molar-refractivity contribution in [2.75, 3.05) is 13.7 Å². The minimum Gasteiger partial charge on any atom is -0.403 e. The largest absolute Gasteiger partial charge is 0.403 e. The fraction of sp³-hybridized carbons (Fsp3) is 0.647. The molecule has 0 radical (unpaired) electrons. The van der Waals surface area contributed by atoms with Crippen LogP contribution in [0.25, 0.3) is 0 Å². The molecule has 0 saturated heterocycles. The summed E-state index contributed by atoms with van der Waals surface area (Å²) < 4.78 is 0. The Morgan fingerprint density at radius 1 is 1.40 bits per heavy atom. The lowest BCUT2D eigenvalue weighted by Gasteiger charge is -2.34. The fourth-order valence-corrected chi connectivity index (χ4v) is 2.44. The van der Waals surface area contributed by atoms with Crippen LogP contribution in [0.15, 0.2) is 35.7 Å². The highest BCUT2D eigenvalue weighted by Crippen LogP contribution is 2.37. The Labute approximate surface area is 124 Å². The van der Waals surface area contributed by atoms with E-state index in [1.54, 1.807) is 6.20 Å². The van der Waals surface area contributed by atoms with Gasteiger partial charge in [0.1, 0.15) is 0 Å². The van der Waals surface area contributed by atoms with Crippen LogP contribution in [0.1, 0.15) is 47.0 Å². The van der Waals surface area contributed by atoms with Crippen LogP contribution in [0.3, 0.4) is 0 Å². The van der Waals surface area contributed by atoms with Crippen molar-refractivity contribution in [3.63, 3.8) is 0 Å². The molecule has 20 heavy (non-hydrogen) atoms. The second kappa shape index (κ2) is 9.65. The lowest BCUT2D eigenvalue weighted by Crippen LogP contribution is -2.34. The van der Waals surface area contributed by atoms with Gasteiger partial charge in [0.2, 0.25) is 0 Å². The molecule has 0 aliphatic carbocycles. The third-order valence-electron chi connectivity index (χ3n) is 3.77. The van der Waals surface area contributed by atoms with Crippen molar-refractivity contribution >= 4 is 0 Å². The molecule has 1 unspecified atom stereocenters. The van der Waals surface area contributed by atoms with Crippen LogP contribution in [-0.4, -0.2) is 18.8 Å². The van der Waals surface area contributed by atoms with Gasteiger partial charge in [-0.25, -0.2) is 0 Å². The first kappa shape index (κ1) is 18.8. The predicted molar refractivity (Wildman–Crippen MR) is 88.1 cm³/mol. The molecule has 0 rings (SSSR count). The Kier molecular flexibility index (Phi) is 9.06. The maximum Gasteiger partial charge on any atom is 0.0548 e. The summed E-state index contributed by atoms with van der Waals surface area (Å²) in [4.78, 5) is 0. The minimum absolute atomic E-state index is 0.0800. The van der Waals surface area contributed by atoms with Gasteiger partial charge in [0.15, 0.2) is 0 Å². The van der Waals surface area contributed by atoms with Crippen molar-refractivity contribution in [2.24, 2.45) is 17.1 Å². The molecule has 0 aromatic heterocycles. The Balaban J connectivity index is 5.38. The molecule has 0 aromatic carbocycles. The average molecular weight is 280 g/mol. The van der Waals surface area contributed by atoms with Crippen LogP contribution in [0, 0.1) is 11.3 Å². The lowest BCUT2D eigenvalue weighted by atomic mass is 9.75. The molecule has 0 saturated carbocycles. The van der Waals surface area contributed by atoms with Crippen molar-refractivity contribution in [3.8, 4) is 0 Å². The van der Waals surface area contributed by atoms with Gasteiger partial charge in [-0.15, -0.1) is 0 Å². The lowest BCUT2D eigenvalue weighted by molar-refractivity contribution is 0.152. The molecule has 0 heterocycles. The van der Waals surface area contributed by atoms with Crippen LogP contribution in [-0.2, 0) is 0 Å². The van der Waals surface area contributed by atoms with Gasteiger partial charge in [-0.1, -0.05) is 44.6 Å². The van der Waals surface area contributed by atoms with Gasteiger partial charge in [-0.05, 0) is 32.1 Å². The molecule has 3 heteroatoms. The highest BCUT2D eigenvalue weighted by atomic mass is 16.3.